The molecule has 9 rings (SSSR count). The number of methoxy groups -OCH3 is 2. The zero-order chi connectivity index (χ0) is 79.3. The van der Waals surface area contributed by atoms with Gasteiger partial charge in [0, 0.05) is 144 Å². The van der Waals surface area contributed by atoms with Gasteiger partial charge in [-0.2, -0.15) is 13.2 Å². The van der Waals surface area contributed by atoms with Crippen molar-refractivity contribution < 1.29 is 66.1 Å². The van der Waals surface area contributed by atoms with Crippen LogP contribution in [0.2, 0.25) is 0 Å². The van der Waals surface area contributed by atoms with Gasteiger partial charge in [0.05, 0.1) is 33.5 Å². The van der Waals surface area contributed by atoms with E-state index >= 15 is 0 Å². The van der Waals surface area contributed by atoms with Gasteiger partial charge in [0.1, 0.15) is 17.5 Å². The van der Waals surface area contributed by atoms with Crippen molar-refractivity contribution in [2.24, 2.45) is 17.8 Å². The van der Waals surface area contributed by atoms with Gasteiger partial charge >= 0.3 is 24.1 Å². The number of nitrogen functional groups attached to an aromatic ring is 1. The molecule has 3 atom stereocenters. The van der Waals surface area contributed by atoms with Crippen molar-refractivity contribution >= 4 is 108 Å². The Kier molecular flexibility index (Phi) is 47.6. The highest BCUT2D eigenvalue weighted by molar-refractivity contribution is 9.09. The molecule has 3 fully saturated rings. The van der Waals surface area contributed by atoms with E-state index in [2.05, 4.69) is 72.4 Å². The lowest BCUT2D eigenvalue weighted by Gasteiger charge is -2.32. The van der Waals surface area contributed by atoms with Gasteiger partial charge in [-0.3, -0.25) is 53.3 Å². The van der Waals surface area contributed by atoms with Crippen LogP contribution >= 0.6 is 43.5 Å². The monoisotopic (exact) mass is 1660 g/mol. The first-order chi connectivity index (χ1) is 52.6. The van der Waals surface area contributed by atoms with Crippen LogP contribution in [-0.4, -0.2) is 180 Å². The fraction of sp³-hybridized carbons (Fsp3) is 0.525. The second-order valence-corrected chi connectivity index (χ2v) is 28.7. The number of hydrogen-bond acceptors (Lipinski definition) is 19. The van der Waals surface area contributed by atoms with E-state index in [0.29, 0.717) is 62.1 Å². The summed E-state index contributed by atoms with van der Waals surface area (Å²) in [5.41, 5.74) is 8.43. The predicted octanol–water partition coefficient (Wildman–Crippen LogP) is 15.2. The van der Waals surface area contributed by atoms with E-state index in [1.54, 1.807) is 49.4 Å². The number of aldehydes is 1. The Labute approximate surface area is 661 Å². The number of aromatic nitrogens is 6. The first kappa shape index (κ1) is 92.9. The molecule has 0 bridgehead atoms. The minimum absolute atomic E-state index is 0.00235. The summed E-state index contributed by atoms with van der Waals surface area (Å²) in [5, 5.41) is 17.2. The number of nitrogens with two attached hydrogens (primary N) is 1. The second kappa shape index (κ2) is 55.8. The summed E-state index contributed by atoms with van der Waals surface area (Å²) >= 11 is 11.5. The van der Waals surface area contributed by atoms with Crippen LogP contribution in [0.4, 0.5) is 30.6 Å². The Hall–Kier alpha value is -8.50. The molecule has 3 aliphatic heterocycles. The number of carbonyl (C=O) groups is 8. The van der Waals surface area contributed by atoms with Crippen LogP contribution in [0.25, 0.3) is 0 Å². The maximum Gasteiger partial charge on any atom is 0.446 e. The number of carbonyl (C=O) groups excluding carboxylic acids is 7. The molecule has 109 heavy (non-hydrogen) atoms. The summed E-state index contributed by atoms with van der Waals surface area (Å²) < 4.78 is 41.0. The van der Waals surface area contributed by atoms with E-state index in [1.807, 2.05) is 112 Å². The molecule has 3 saturated heterocycles. The number of pyridine rings is 6. The minimum Gasteiger partial charge on any atom is -0.481 e. The van der Waals surface area contributed by atoms with Crippen molar-refractivity contribution in [2.75, 3.05) is 93.6 Å². The lowest BCUT2D eigenvalue weighted by atomic mass is 9.85. The molecule has 0 saturated carbocycles. The fourth-order valence-electron chi connectivity index (χ4n) is 12.6. The molecule has 3 aliphatic rings. The standard InChI is InChI=1S/C25H34N4O3.C24H32N4O3.C20H29BrN2O3.C5H6N2.C4H6BrClO.C2HF3O/c1-32-25(31)18-21(22-6-4-13-26-19-22)10-9-20-11-16-29(17-12-20)24(30)8-5-15-28-23-7-2-3-14-27-23;29-23(7-4-14-27-22-6-1-2-13-26-22)28-15-10-19(11-16-28)8-9-20(17-24(30)31)21-5-3-12-25-18-21;1-26-20(25)14-17(18-4-3-11-22-15-18)7-6-16-8-12-23(13-9-16)19(24)5-2-10-21;6-5-3-1-2-4-7-5;5-3-1-2-4(6)7;3-2(4,5)1-6/h2-4,6-7,13-14,19-21H,5,8-12,15-18H2,1H3,(H,27,28);1-3,5-6,12-13,18-20H,4,7-11,14-17H2,(H,26,27)(H,30,31);3-4,11,15-17H,2,5-10,12-14H2,1H3;1-4H,(H2,6,7);1-3H2;1H. The van der Waals surface area contributed by atoms with Crippen molar-refractivity contribution in [1.82, 2.24) is 44.6 Å². The summed E-state index contributed by atoms with van der Waals surface area (Å²) in [7, 11) is 2.87. The van der Waals surface area contributed by atoms with Crippen LogP contribution in [0, 0.1) is 17.8 Å². The van der Waals surface area contributed by atoms with E-state index in [0.717, 1.165) is 194 Å². The normalized spacial score (nSPS) is 14.5. The van der Waals surface area contributed by atoms with E-state index in [9.17, 15) is 51.8 Å². The summed E-state index contributed by atoms with van der Waals surface area (Å²) in [4.78, 5) is 121. The largest absolute Gasteiger partial charge is 0.481 e. The van der Waals surface area contributed by atoms with Crippen LogP contribution < -0.4 is 16.4 Å². The van der Waals surface area contributed by atoms with Crippen molar-refractivity contribution in [1.29, 1.82) is 0 Å². The third-order valence-electron chi connectivity index (χ3n) is 18.8. The minimum atomic E-state index is -4.64. The molecule has 23 nitrogen and oxygen atoms in total. The topological polar surface area (TPSA) is 312 Å². The third kappa shape index (κ3) is 42.3. The number of nitrogens with one attached hydrogen (secondary N) is 2. The number of carboxylic acids is 1. The molecular weight excluding hydrogens is 1560 g/mol. The number of carboxylic acid groups (broad SMARTS) is 1. The molecule has 29 heteroatoms. The number of aliphatic carboxylic acids is 1. The van der Waals surface area contributed by atoms with Crippen molar-refractivity contribution in [3.8, 4) is 0 Å². The van der Waals surface area contributed by atoms with Crippen molar-refractivity contribution in [3.63, 3.8) is 0 Å². The molecule has 0 spiro atoms. The molecule has 0 aromatic carbocycles. The Bertz CT molecular complexity index is 3470. The number of likely N-dealkylation sites (tertiary alicyclic amines) is 3. The zero-order valence-electron chi connectivity index (χ0n) is 62.6. The van der Waals surface area contributed by atoms with Gasteiger partial charge in [-0.1, -0.05) is 68.3 Å². The predicted molar refractivity (Wildman–Crippen MR) is 424 cm³/mol. The van der Waals surface area contributed by atoms with Crippen LogP contribution in [-0.2, 0) is 47.8 Å². The molecule has 6 aromatic heterocycles. The number of nitrogens with zero attached hydrogens (tertiary/aromatic N) is 9. The number of alkyl halides is 5. The maximum absolute atomic E-state index is 12.5. The summed E-state index contributed by atoms with van der Waals surface area (Å²) in [6, 6.07) is 28.6. The van der Waals surface area contributed by atoms with E-state index in [-0.39, 0.29) is 59.1 Å². The highest BCUT2D eigenvalue weighted by Crippen LogP contribution is 2.34. The smallest absolute Gasteiger partial charge is 0.446 e. The molecule has 9 heterocycles. The molecule has 5 N–H and O–H groups in total. The van der Waals surface area contributed by atoms with Gasteiger partial charge in [0.2, 0.25) is 29.3 Å². The van der Waals surface area contributed by atoms with Gasteiger partial charge in [-0.15, -0.1) is 0 Å². The molecule has 0 aliphatic carbocycles. The molecule has 596 valence electrons. The Morgan fingerprint density at radius 2 is 0.862 bits per heavy atom. The molecular formula is C80H108Br2ClF3N12O11. The van der Waals surface area contributed by atoms with Gasteiger partial charge in [-0.25, -0.2) is 15.0 Å². The average molecular weight is 1670 g/mol. The first-order valence-corrected chi connectivity index (χ1v) is 39.9. The number of halogens is 6. The molecule has 3 amide bonds. The molecule has 3 unspecified atom stereocenters. The fourth-order valence-corrected chi connectivity index (χ4v) is 13.3. The van der Waals surface area contributed by atoms with Crippen LogP contribution in [0.3, 0.4) is 0 Å². The number of amides is 3. The summed E-state index contributed by atoms with van der Waals surface area (Å²) in [6.45, 7) is 6.45. The lowest BCUT2D eigenvalue weighted by Crippen LogP contribution is -2.38. The number of rotatable bonds is 34. The van der Waals surface area contributed by atoms with Crippen LogP contribution in [0.1, 0.15) is 182 Å². The average Bonchev–Trinajstić information content (AvgIpc) is 0.876. The first-order valence-electron chi connectivity index (χ1n) is 37.3. The maximum atomic E-state index is 12.5. The van der Waals surface area contributed by atoms with Gasteiger partial charge in [0.15, 0.2) is 0 Å². The Morgan fingerprint density at radius 1 is 0.523 bits per heavy atom. The SMILES string of the molecule is COC(=O)CC(CCC1CCN(C(=O)CCCBr)CC1)c1cccnc1.COC(=O)CC(CCC1CCN(C(=O)CCCNc2ccccn2)CC1)c1cccnc1.Nc1ccccn1.O=C(Cl)CCCBr.O=C(O)CC(CCC1CCN(C(=O)CCCNc2ccccn2)CC1)c1cccnc1.O=CC(F)(F)F. The highest BCUT2D eigenvalue weighted by Gasteiger charge is 2.29. The zero-order valence-corrected chi connectivity index (χ0v) is 66.6. The molecule has 6 aromatic rings. The van der Waals surface area contributed by atoms with Gasteiger partial charge < -0.3 is 45.6 Å². The van der Waals surface area contributed by atoms with E-state index < -0.39 is 18.4 Å². The Morgan fingerprint density at radius 3 is 1.12 bits per heavy atom. The third-order valence-corrected chi connectivity index (χ3v) is 20.1. The summed E-state index contributed by atoms with van der Waals surface area (Å²) in [5.74, 6) is 3.89. The van der Waals surface area contributed by atoms with Crippen LogP contribution in [0.5, 0.6) is 0 Å². The van der Waals surface area contributed by atoms with E-state index in [4.69, 9.17) is 31.6 Å². The van der Waals surface area contributed by atoms with Crippen molar-refractivity contribution in [2.45, 2.75) is 172 Å². The van der Waals surface area contributed by atoms with Gasteiger partial charge in [0.25, 0.3) is 0 Å². The quantitative estimate of drug-likeness (QED) is 0.00959. The van der Waals surface area contributed by atoms with Crippen molar-refractivity contribution in [3.05, 3.63) is 163 Å². The number of piperidine rings is 3. The number of hydrogen-bond donors (Lipinski definition) is 4. The lowest BCUT2D eigenvalue weighted by molar-refractivity contribution is -0.156. The number of esters is 2. The Balaban J connectivity index is 0.000000306. The second-order valence-electron chi connectivity index (χ2n) is 26.7. The molecule has 0 radical (unpaired) electrons. The number of anilines is 3. The van der Waals surface area contributed by atoms with Crippen LogP contribution in [0.15, 0.2) is 147 Å². The highest BCUT2D eigenvalue weighted by atomic mass is 79.9. The summed E-state index contributed by atoms with van der Waals surface area (Å²) in [6.07, 6.45) is 28.6. The number of ether oxygens (including phenoxy) is 2. The van der Waals surface area contributed by atoms with Gasteiger partial charge in [-0.05, 0) is 221 Å². The van der Waals surface area contributed by atoms with E-state index in [1.165, 1.54) is 14.2 Å².